The molecule has 0 aliphatic carbocycles. The van der Waals surface area contributed by atoms with Gasteiger partial charge in [-0.15, -0.1) is 0 Å². The Balaban J connectivity index is 1.75. The lowest BCUT2D eigenvalue weighted by atomic mass is 9.98. The average Bonchev–Trinajstić information content (AvgIpc) is 2.59. The molecule has 0 aliphatic rings. The summed E-state index contributed by atoms with van der Waals surface area (Å²) in [4.78, 5) is 12.0. The topological polar surface area (TPSA) is 46.5 Å². The van der Waals surface area contributed by atoms with Gasteiger partial charge in [0.15, 0.2) is 0 Å². The summed E-state index contributed by atoms with van der Waals surface area (Å²) < 4.78 is 5.27. The van der Waals surface area contributed by atoms with Gasteiger partial charge in [-0.05, 0) is 30.9 Å². The highest BCUT2D eigenvalue weighted by atomic mass is 16.5. The van der Waals surface area contributed by atoms with Crippen LogP contribution in [0.2, 0.25) is 0 Å². The van der Waals surface area contributed by atoms with Crippen LogP contribution in [0.3, 0.4) is 0 Å². The van der Waals surface area contributed by atoms with Crippen LogP contribution >= 0.6 is 0 Å². The van der Waals surface area contributed by atoms with Gasteiger partial charge in [0.25, 0.3) is 0 Å². The fourth-order valence-electron chi connectivity index (χ4n) is 2.29. The third kappa shape index (κ3) is 4.71. The minimum absolute atomic E-state index is 0.357. The van der Waals surface area contributed by atoms with Crippen molar-refractivity contribution in [2.75, 3.05) is 6.61 Å². The van der Waals surface area contributed by atoms with Crippen LogP contribution < -0.4 is 0 Å². The molecule has 0 bridgehead atoms. The predicted molar refractivity (Wildman–Crippen MR) is 86.3 cm³/mol. The molecule has 2 aromatic carbocycles. The number of aryl methyl sites for hydroxylation is 1. The van der Waals surface area contributed by atoms with Gasteiger partial charge in [0, 0.05) is 0 Å². The number of aliphatic hydroxyl groups excluding tert-OH is 1. The Kier molecular flexibility index (Phi) is 6.16. The highest BCUT2D eigenvalue weighted by Gasteiger charge is 2.24. The van der Waals surface area contributed by atoms with Gasteiger partial charge in [-0.1, -0.05) is 60.7 Å². The van der Waals surface area contributed by atoms with Crippen molar-refractivity contribution >= 4 is 5.97 Å². The monoisotopic (exact) mass is 298 g/mol. The Morgan fingerprint density at radius 1 is 1.05 bits per heavy atom. The Hall–Kier alpha value is -2.13. The number of aliphatic hydroxyl groups is 1. The van der Waals surface area contributed by atoms with Gasteiger partial charge in [0.2, 0.25) is 0 Å². The van der Waals surface area contributed by atoms with E-state index in [9.17, 15) is 9.90 Å². The molecule has 0 saturated carbocycles. The molecule has 3 heteroatoms. The van der Waals surface area contributed by atoms with E-state index in [1.807, 2.05) is 48.5 Å². The normalized spacial score (nSPS) is 13.4. The summed E-state index contributed by atoms with van der Waals surface area (Å²) in [6.07, 6.45) is 0.830. The second-order valence-electron chi connectivity index (χ2n) is 5.40. The Labute approximate surface area is 131 Å². The Morgan fingerprint density at radius 2 is 1.64 bits per heavy atom. The van der Waals surface area contributed by atoms with Crippen molar-refractivity contribution in [3.63, 3.8) is 0 Å². The van der Waals surface area contributed by atoms with E-state index in [0.29, 0.717) is 6.61 Å². The van der Waals surface area contributed by atoms with Gasteiger partial charge in [-0.3, -0.25) is 4.79 Å². The zero-order valence-electron chi connectivity index (χ0n) is 12.8. The van der Waals surface area contributed by atoms with Crippen molar-refractivity contribution in [2.45, 2.75) is 25.9 Å². The first-order valence-electron chi connectivity index (χ1n) is 7.62. The van der Waals surface area contributed by atoms with Crippen molar-refractivity contribution in [3.8, 4) is 0 Å². The van der Waals surface area contributed by atoms with E-state index in [1.54, 1.807) is 6.92 Å². The highest BCUT2D eigenvalue weighted by molar-refractivity contribution is 5.73. The number of carbonyl (C=O) groups is 1. The van der Waals surface area contributed by atoms with Crippen LogP contribution in [-0.4, -0.2) is 17.7 Å². The zero-order valence-corrected chi connectivity index (χ0v) is 12.8. The standard InChI is InChI=1S/C19H22O3/c1-15(18(20)17-12-6-3-7-13-17)19(21)22-14-8-11-16-9-4-2-5-10-16/h2-7,9-10,12-13,15,18,20H,8,11,14H2,1H3/t15-,18-/m1/s1. The second kappa shape index (κ2) is 8.35. The molecule has 116 valence electrons. The molecule has 0 aliphatic heterocycles. The lowest BCUT2D eigenvalue weighted by Crippen LogP contribution is -2.22. The van der Waals surface area contributed by atoms with Crippen LogP contribution in [0.5, 0.6) is 0 Å². The van der Waals surface area contributed by atoms with Crippen LogP contribution in [0.15, 0.2) is 60.7 Å². The summed E-state index contributed by atoms with van der Waals surface area (Å²) >= 11 is 0. The fraction of sp³-hybridized carbons (Fsp3) is 0.316. The molecule has 0 radical (unpaired) electrons. The van der Waals surface area contributed by atoms with Crippen LogP contribution in [0.4, 0.5) is 0 Å². The second-order valence-corrected chi connectivity index (χ2v) is 5.40. The Morgan fingerprint density at radius 3 is 2.27 bits per heavy atom. The van der Waals surface area contributed by atoms with E-state index >= 15 is 0 Å². The first kappa shape index (κ1) is 16.2. The molecular formula is C19H22O3. The van der Waals surface area contributed by atoms with Crippen LogP contribution in [0.25, 0.3) is 0 Å². The maximum Gasteiger partial charge on any atom is 0.311 e. The quantitative estimate of drug-likeness (QED) is 0.628. The van der Waals surface area contributed by atoms with E-state index in [4.69, 9.17) is 4.74 Å². The molecular weight excluding hydrogens is 276 g/mol. The minimum Gasteiger partial charge on any atom is -0.465 e. The third-order valence-corrected chi connectivity index (χ3v) is 3.68. The summed E-state index contributed by atoms with van der Waals surface area (Å²) in [5, 5.41) is 10.2. The van der Waals surface area contributed by atoms with Gasteiger partial charge in [-0.25, -0.2) is 0 Å². The molecule has 2 atom stereocenters. The summed E-state index contributed by atoms with van der Waals surface area (Å²) in [6, 6.07) is 19.3. The van der Waals surface area contributed by atoms with Gasteiger partial charge in [0.1, 0.15) is 0 Å². The third-order valence-electron chi connectivity index (χ3n) is 3.68. The fourth-order valence-corrected chi connectivity index (χ4v) is 2.29. The lowest BCUT2D eigenvalue weighted by molar-refractivity contribution is -0.152. The maximum atomic E-state index is 12.0. The number of hydrogen-bond acceptors (Lipinski definition) is 3. The average molecular weight is 298 g/mol. The number of ether oxygens (including phenoxy) is 1. The lowest BCUT2D eigenvalue weighted by Gasteiger charge is -2.18. The molecule has 0 amide bonds. The number of carbonyl (C=O) groups excluding carboxylic acids is 1. The summed E-state index contributed by atoms with van der Waals surface area (Å²) in [6.45, 7) is 2.07. The van der Waals surface area contributed by atoms with E-state index in [-0.39, 0.29) is 5.97 Å². The minimum atomic E-state index is -0.831. The molecule has 0 spiro atoms. The molecule has 1 N–H and O–H groups in total. The van der Waals surface area contributed by atoms with Crippen LogP contribution in [0.1, 0.15) is 30.6 Å². The van der Waals surface area contributed by atoms with E-state index in [0.717, 1.165) is 18.4 Å². The number of hydrogen-bond donors (Lipinski definition) is 1. The molecule has 2 rings (SSSR count). The smallest absolute Gasteiger partial charge is 0.311 e. The van der Waals surface area contributed by atoms with Crippen molar-refractivity contribution in [2.24, 2.45) is 5.92 Å². The summed E-state index contributed by atoms with van der Waals surface area (Å²) in [7, 11) is 0. The molecule has 22 heavy (non-hydrogen) atoms. The molecule has 0 fully saturated rings. The first-order valence-corrected chi connectivity index (χ1v) is 7.62. The summed E-state index contributed by atoms with van der Waals surface area (Å²) in [5.41, 5.74) is 1.96. The van der Waals surface area contributed by atoms with Gasteiger partial charge in [-0.2, -0.15) is 0 Å². The highest BCUT2D eigenvalue weighted by Crippen LogP contribution is 2.22. The maximum absolute atomic E-state index is 12.0. The largest absolute Gasteiger partial charge is 0.465 e. The van der Waals surface area contributed by atoms with E-state index in [2.05, 4.69) is 12.1 Å². The molecule has 2 aromatic rings. The molecule has 0 unspecified atom stereocenters. The number of benzene rings is 2. The van der Waals surface area contributed by atoms with Crippen molar-refractivity contribution < 1.29 is 14.6 Å². The Bertz CT molecular complexity index is 566. The van der Waals surface area contributed by atoms with Gasteiger partial charge >= 0.3 is 5.97 Å². The van der Waals surface area contributed by atoms with E-state index < -0.39 is 12.0 Å². The predicted octanol–water partition coefficient (Wildman–Crippen LogP) is 3.53. The molecule has 3 nitrogen and oxygen atoms in total. The molecule has 0 saturated heterocycles. The van der Waals surface area contributed by atoms with Crippen LogP contribution in [0, 0.1) is 5.92 Å². The number of rotatable bonds is 7. The van der Waals surface area contributed by atoms with Crippen molar-refractivity contribution in [3.05, 3.63) is 71.8 Å². The summed E-state index contributed by atoms with van der Waals surface area (Å²) in [5.74, 6) is -0.927. The SMILES string of the molecule is C[C@@H](C(=O)OCCCc1ccccc1)[C@@H](O)c1ccccc1. The van der Waals surface area contributed by atoms with Crippen molar-refractivity contribution in [1.82, 2.24) is 0 Å². The first-order chi connectivity index (χ1) is 10.7. The zero-order chi connectivity index (χ0) is 15.8. The molecule has 0 heterocycles. The number of esters is 1. The van der Waals surface area contributed by atoms with Gasteiger partial charge < -0.3 is 9.84 Å². The van der Waals surface area contributed by atoms with Crippen molar-refractivity contribution in [1.29, 1.82) is 0 Å². The van der Waals surface area contributed by atoms with Crippen LogP contribution in [-0.2, 0) is 16.0 Å². The van der Waals surface area contributed by atoms with E-state index in [1.165, 1.54) is 5.56 Å². The molecule has 0 aromatic heterocycles. The van der Waals surface area contributed by atoms with Gasteiger partial charge in [0.05, 0.1) is 18.6 Å².